The van der Waals surface area contributed by atoms with Gasteiger partial charge in [0.2, 0.25) is 5.91 Å². The maximum atomic E-state index is 12.9. The third-order valence-corrected chi connectivity index (χ3v) is 5.83. The van der Waals surface area contributed by atoms with Crippen LogP contribution in [0.15, 0.2) is 11.4 Å². The summed E-state index contributed by atoms with van der Waals surface area (Å²) in [5.74, 6) is 0.511. The van der Waals surface area contributed by atoms with Gasteiger partial charge in [-0.25, -0.2) is 0 Å². The summed E-state index contributed by atoms with van der Waals surface area (Å²) in [6.07, 6.45) is 6.11. The van der Waals surface area contributed by atoms with Crippen LogP contribution in [0.4, 0.5) is 0 Å². The van der Waals surface area contributed by atoms with Crippen molar-refractivity contribution >= 4 is 29.7 Å². The number of carbonyl (C=O) groups is 1. The molecule has 1 saturated carbocycles. The molecule has 0 aromatic carbocycles. The second-order valence-electron chi connectivity index (χ2n) is 6.13. The van der Waals surface area contributed by atoms with Gasteiger partial charge in [-0.2, -0.15) is 0 Å². The minimum Gasteiger partial charge on any atom is -0.335 e. The number of thiophene rings is 1. The molecular formula is C16H25ClN2OS. The van der Waals surface area contributed by atoms with Crippen LogP contribution < -0.4 is 5.73 Å². The molecule has 0 spiro atoms. The Morgan fingerprint density at radius 1 is 1.48 bits per heavy atom. The SMILES string of the molecule is CCC1c2ccsc2CCN1C(=O)C1CCCC(N)C1.Cl. The van der Waals surface area contributed by atoms with Crippen molar-refractivity contribution in [3.63, 3.8) is 0 Å². The van der Waals surface area contributed by atoms with E-state index in [1.54, 1.807) is 0 Å². The molecule has 2 aliphatic rings. The number of halogens is 1. The maximum Gasteiger partial charge on any atom is 0.226 e. The van der Waals surface area contributed by atoms with Crippen molar-refractivity contribution in [2.45, 2.75) is 57.5 Å². The standard InChI is InChI=1S/C16H24N2OS.ClH/c1-2-14-13-7-9-20-15(13)6-8-18(14)16(19)11-4-3-5-12(17)10-11;/h7,9,11-12,14H,2-6,8,10,17H2,1H3;1H. The van der Waals surface area contributed by atoms with E-state index >= 15 is 0 Å². The molecule has 3 nitrogen and oxygen atoms in total. The summed E-state index contributed by atoms with van der Waals surface area (Å²) >= 11 is 1.84. The molecule has 1 aromatic heterocycles. The lowest BCUT2D eigenvalue weighted by atomic mass is 9.84. The monoisotopic (exact) mass is 328 g/mol. The first-order valence-corrected chi connectivity index (χ1v) is 8.71. The van der Waals surface area contributed by atoms with Gasteiger partial charge in [0.15, 0.2) is 0 Å². The number of fused-ring (bicyclic) bond motifs is 1. The second kappa shape index (κ2) is 7.12. The zero-order chi connectivity index (χ0) is 14.1. The fourth-order valence-electron chi connectivity index (χ4n) is 3.79. The Bertz CT molecular complexity index is 490. The van der Waals surface area contributed by atoms with Crippen LogP contribution in [-0.4, -0.2) is 23.4 Å². The molecule has 1 fully saturated rings. The molecule has 5 heteroatoms. The fraction of sp³-hybridized carbons (Fsp3) is 0.688. The Labute approximate surface area is 137 Å². The minimum absolute atomic E-state index is 0. The predicted molar refractivity (Wildman–Crippen MR) is 89.9 cm³/mol. The molecular weight excluding hydrogens is 304 g/mol. The predicted octanol–water partition coefficient (Wildman–Crippen LogP) is 3.52. The van der Waals surface area contributed by atoms with E-state index < -0.39 is 0 Å². The largest absolute Gasteiger partial charge is 0.335 e. The van der Waals surface area contributed by atoms with Crippen LogP contribution in [-0.2, 0) is 11.2 Å². The molecule has 0 saturated heterocycles. The van der Waals surface area contributed by atoms with E-state index in [0.717, 1.165) is 45.1 Å². The van der Waals surface area contributed by atoms with Crippen LogP contribution in [0.25, 0.3) is 0 Å². The summed E-state index contributed by atoms with van der Waals surface area (Å²) in [5.41, 5.74) is 7.44. The van der Waals surface area contributed by atoms with Crippen molar-refractivity contribution in [1.29, 1.82) is 0 Å². The number of hydrogen-bond donors (Lipinski definition) is 1. The van der Waals surface area contributed by atoms with Gasteiger partial charge in [0.05, 0.1) is 6.04 Å². The van der Waals surface area contributed by atoms with E-state index in [0.29, 0.717) is 5.91 Å². The Hall–Kier alpha value is -0.580. The lowest BCUT2D eigenvalue weighted by Crippen LogP contribution is -2.45. The van der Waals surface area contributed by atoms with E-state index in [4.69, 9.17) is 5.73 Å². The highest BCUT2D eigenvalue weighted by molar-refractivity contribution is 7.10. The smallest absolute Gasteiger partial charge is 0.226 e. The van der Waals surface area contributed by atoms with E-state index in [2.05, 4.69) is 23.3 Å². The van der Waals surface area contributed by atoms with Crippen LogP contribution in [0.2, 0.25) is 0 Å². The highest BCUT2D eigenvalue weighted by Crippen LogP contribution is 2.37. The number of hydrogen-bond acceptors (Lipinski definition) is 3. The third-order valence-electron chi connectivity index (χ3n) is 4.83. The first-order chi connectivity index (χ1) is 9.70. The summed E-state index contributed by atoms with van der Waals surface area (Å²) in [6.45, 7) is 3.07. The van der Waals surface area contributed by atoms with Gasteiger partial charge in [-0.05, 0) is 49.1 Å². The van der Waals surface area contributed by atoms with Crippen LogP contribution in [0, 0.1) is 5.92 Å². The van der Waals surface area contributed by atoms with Crippen molar-refractivity contribution < 1.29 is 4.79 Å². The lowest BCUT2D eigenvalue weighted by molar-refractivity contribution is -0.139. The van der Waals surface area contributed by atoms with E-state index in [9.17, 15) is 4.79 Å². The van der Waals surface area contributed by atoms with Gasteiger partial charge in [-0.1, -0.05) is 13.3 Å². The Morgan fingerprint density at radius 3 is 3.00 bits per heavy atom. The van der Waals surface area contributed by atoms with Gasteiger partial charge in [0, 0.05) is 23.4 Å². The van der Waals surface area contributed by atoms with Gasteiger partial charge in [-0.15, -0.1) is 23.7 Å². The van der Waals surface area contributed by atoms with Gasteiger partial charge in [0.1, 0.15) is 0 Å². The van der Waals surface area contributed by atoms with Crippen LogP contribution >= 0.6 is 23.7 Å². The molecule has 2 heterocycles. The lowest BCUT2D eigenvalue weighted by Gasteiger charge is -2.39. The maximum absolute atomic E-state index is 12.9. The van der Waals surface area contributed by atoms with Crippen LogP contribution in [0.5, 0.6) is 0 Å². The Morgan fingerprint density at radius 2 is 2.29 bits per heavy atom. The molecule has 1 aliphatic heterocycles. The normalized spacial score (nSPS) is 28.7. The Balaban J connectivity index is 0.00000161. The highest BCUT2D eigenvalue weighted by Gasteiger charge is 2.35. The van der Waals surface area contributed by atoms with Crippen molar-refractivity contribution in [2.75, 3.05) is 6.54 Å². The molecule has 3 rings (SSSR count). The second-order valence-corrected chi connectivity index (χ2v) is 7.13. The molecule has 0 radical (unpaired) electrons. The van der Waals surface area contributed by atoms with Crippen LogP contribution in [0.3, 0.4) is 0 Å². The first kappa shape index (κ1) is 16.8. The molecule has 1 aromatic rings. The minimum atomic E-state index is 0. The molecule has 1 amide bonds. The fourth-order valence-corrected chi connectivity index (χ4v) is 4.72. The quantitative estimate of drug-likeness (QED) is 0.902. The molecule has 2 N–H and O–H groups in total. The van der Waals surface area contributed by atoms with Crippen molar-refractivity contribution in [1.82, 2.24) is 4.90 Å². The van der Waals surface area contributed by atoms with Gasteiger partial charge in [-0.3, -0.25) is 4.79 Å². The van der Waals surface area contributed by atoms with E-state index in [1.807, 2.05) is 11.3 Å². The molecule has 1 aliphatic carbocycles. The van der Waals surface area contributed by atoms with E-state index in [1.165, 1.54) is 10.4 Å². The van der Waals surface area contributed by atoms with Crippen molar-refractivity contribution in [3.8, 4) is 0 Å². The summed E-state index contributed by atoms with van der Waals surface area (Å²) < 4.78 is 0. The van der Waals surface area contributed by atoms with Crippen LogP contribution in [0.1, 0.15) is 55.5 Å². The summed E-state index contributed by atoms with van der Waals surface area (Å²) in [4.78, 5) is 16.5. The topological polar surface area (TPSA) is 46.3 Å². The summed E-state index contributed by atoms with van der Waals surface area (Å²) in [6, 6.07) is 2.72. The first-order valence-electron chi connectivity index (χ1n) is 7.83. The summed E-state index contributed by atoms with van der Waals surface area (Å²) in [5, 5.41) is 2.16. The zero-order valence-electron chi connectivity index (χ0n) is 12.6. The number of carbonyl (C=O) groups excluding carboxylic acids is 1. The number of amides is 1. The van der Waals surface area contributed by atoms with Gasteiger partial charge in [0.25, 0.3) is 0 Å². The van der Waals surface area contributed by atoms with E-state index in [-0.39, 0.29) is 30.4 Å². The average molecular weight is 329 g/mol. The number of rotatable bonds is 2. The van der Waals surface area contributed by atoms with Gasteiger partial charge < -0.3 is 10.6 Å². The third kappa shape index (κ3) is 3.27. The number of nitrogens with zero attached hydrogens (tertiary/aromatic N) is 1. The van der Waals surface area contributed by atoms with Gasteiger partial charge >= 0.3 is 0 Å². The van der Waals surface area contributed by atoms with Crippen molar-refractivity contribution in [2.24, 2.45) is 11.7 Å². The zero-order valence-corrected chi connectivity index (χ0v) is 14.2. The summed E-state index contributed by atoms with van der Waals surface area (Å²) in [7, 11) is 0. The Kier molecular flexibility index (Phi) is 5.69. The molecule has 3 unspecified atom stereocenters. The average Bonchev–Trinajstić information content (AvgIpc) is 2.93. The number of nitrogens with two attached hydrogens (primary N) is 1. The molecule has 118 valence electrons. The molecule has 21 heavy (non-hydrogen) atoms. The van der Waals surface area contributed by atoms with Crippen molar-refractivity contribution in [3.05, 3.63) is 21.9 Å². The molecule has 3 atom stereocenters. The highest BCUT2D eigenvalue weighted by atomic mass is 35.5. The molecule has 0 bridgehead atoms.